The van der Waals surface area contributed by atoms with Crippen molar-refractivity contribution in [2.75, 3.05) is 122 Å². The molecule has 21 rings (SSSR count). The third-order valence-corrected chi connectivity index (χ3v) is 31.3. The van der Waals surface area contributed by atoms with Crippen molar-refractivity contribution in [3.05, 3.63) is 230 Å². The molecular formula is C109H120N16O10S5. The van der Waals surface area contributed by atoms with Crippen molar-refractivity contribution in [3.63, 3.8) is 0 Å². The molecule has 0 unspecified atom stereocenters. The second kappa shape index (κ2) is 44.4. The Balaban J connectivity index is 0.000000124. The lowest BCUT2D eigenvalue weighted by Gasteiger charge is -2.24. The Kier molecular flexibility index (Phi) is 30.9. The highest BCUT2D eigenvalue weighted by atomic mass is 32.2. The lowest BCUT2D eigenvalue weighted by atomic mass is 9.90. The summed E-state index contributed by atoms with van der Waals surface area (Å²) in [4.78, 5) is 41.8. The summed E-state index contributed by atoms with van der Waals surface area (Å²) >= 11 is 6.61. The number of para-hydroxylation sites is 3. The monoisotopic (exact) mass is 1970 g/mol. The molecule has 0 amide bonds. The molecule has 0 spiro atoms. The van der Waals surface area contributed by atoms with Gasteiger partial charge >= 0.3 is 0 Å². The minimum Gasteiger partial charge on any atom is -0.496 e. The molecule has 140 heavy (non-hydrogen) atoms. The van der Waals surface area contributed by atoms with Crippen molar-refractivity contribution in [2.24, 2.45) is 0 Å². The van der Waals surface area contributed by atoms with Crippen LogP contribution in [0.15, 0.2) is 193 Å². The van der Waals surface area contributed by atoms with Crippen molar-refractivity contribution in [2.45, 2.75) is 147 Å². The van der Waals surface area contributed by atoms with Crippen LogP contribution in [0.2, 0.25) is 0 Å². The van der Waals surface area contributed by atoms with E-state index in [1.165, 1.54) is 60.0 Å². The Morgan fingerprint density at radius 2 is 0.714 bits per heavy atom. The van der Waals surface area contributed by atoms with Crippen molar-refractivity contribution >= 4 is 143 Å². The molecule has 0 radical (unpaired) electrons. The largest absolute Gasteiger partial charge is 0.496 e. The second-order valence-corrected chi connectivity index (χ2v) is 42.9. The fourth-order valence-electron chi connectivity index (χ4n) is 19.2. The molecular weight excluding hydrogens is 1850 g/mol. The lowest BCUT2D eigenvalue weighted by Crippen LogP contribution is -2.26. The molecule has 0 atom stereocenters. The summed E-state index contributed by atoms with van der Waals surface area (Å²) in [6.07, 6.45) is 18.9. The zero-order valence-corrected chi connectivity index (χ0v) is 85.4. The molecule has 5 aliphatic rings. The smallest absolute Gasteiger partial charge is 0.227 e. The molecule has 726 valence electrons. The van der Waals surface area contributed by atoms with Crippen LogP contribution in [-0.2, 0) is 16.3 Å². The van der Waals surface area contributed by atoms with Crippen LogP contribution in [-0.4, -0.2) is 161 Å². The molecule has 8 aromatic heterocycles. The van der Waals surface area contributed by atoms with Gasteiger partial charge in [0.1, 0.15) is 46.0 Å². The summed E-state index contributed by atoms with van der Waals surface area (Å²) in [6.45, 7) is 23.8. The van der Waals surface area contributed by atoms with Crippen LogP contribution in [0, 0.1) is 20.8 Å². The SMILES string of the molecule is COc1cc(C2CCNCC2)ccc1Nc1ncc2sc(C)c(-c3ccccc3OC)c2n1.COc1cc(C2CCNCC2)ccc1Nc1ncc2scc(-c3cc(S(C)(=O)=O)ccc3OC)c2n1.COc1ccccc1-c1c(C)sc2cnc(Nc3ccc(C4CCNCC4)cc3OC(C)C)nc12.Cc1sc2cnc(Nc3ccc(C4CCNCC4)cc3OC(C)C)nc2c1-c1cccc2c1OCC2. The predicted octanol–water partition coefficient (Wildman–Crippen LogP) is 24.2. The first-order valence-corrected chi connectivity index (χ1v) is 53.2. The number of aromatic nitrogens is 8. The van der Waals surface area contributed by atoms with Crippen LogP contribution in [0.3, 0.4) is 0 Å². The Morgan fingerprint density at radius 3 is 1.09 bits per heavy atom. The topological polar surface area (TPSA) is 307 Å². The van der Waals surface area contributed by atoms with E-state index in [4.69, 9.17) is 57.8 Å². The van der Waals surface area contributed by atoms with Gasteiger partial charge < -0.3 is 80.4 Å². The molecule has 8 N–H and O–H groups in total. The van der Waals surface area contributed by atoms with Crippen LogP contribution >= 0.6 is 45.3 Å². The number of hydrogen-bond acceptors (Lipinski definition) is 30. The van der Waals surface area contributed by atoms with Gasteiger partial charge in [-0.05, 0) is 283 Å². The lowest BCUT2D eigenvalue weighted by molar-refractivity contribution is 0.243. The van der Waals surface area contributed by atoms with Gasteiger partial charge in [0.25, 0.3) is 0 Å². The number of benzene rings is 8. The summed E-state index contributed by atoms with van der Waals surface area (Å²) in [5.74, 6) is 10.8. The van der Waals surface area contributed by atoms with E-state index in [0.717, 1.165) is 254 Å². The molecule has 4 fully saturated rings. The fraction of sp³-hybridized carbons (Fsp3) is 0.339. The highest BCUT2D eigenvalue weighted by molar-refractivity contribution is 7.90. The third kappa shape index (κ3) is 22.2. The maximum Gasteiger partial charge on any atom is 0.227 e. The van der Waals surface area contributed by atoms with Crippen molar-refractivity contribution in [1.29, 1.82) is 0 Å². The zero-order valence-electron chi connectivity index (χ0n) is 81.3. The van der Waals surface area contributed by atoms with Gasteiger partial charge in [-0.25, -0.2) is 48.3 Å². The average Bonchev–Trinajstić information content (AvgIpc) is 1.64. The van der Waals surface area contributed by atoms with Crippen LogP contribution in [0.5, 0.6) is 46.0 Å². The van der Waals surface area contributed by atoms with Crippen molar-refractivity contribution < 1.29 is 46.3 Å². The first kappa shape index (κ1) is 97.5. The van der Waals surface area contributed by atoms with Gasteiger partial charge in [-0.1, -0.05) is 78.9 Å². The molecule has 16 aromatic rings. The Bertz CT molecular complexity index is 7220. The van der Waals surface area contributed by atoms with Crippen LogP contribution in [0.4, 0.5) is 46.5 Å². The third-order valence-electron chi connectivity index (χ3n) is 26.2. The van der Waals surface area contributed by atoms with E-state index < -0.39 is 9.84 Å². The number of nitrogens with zero attached hydrogens (tertiary/aromatic N) is 8. The molecule has 5 aliphatic heterocycles. The minimum atomic E-state index is -3.38. The standard InChI is InChI=1S/C29H32N4O2S.C28H32N4O2S.C26H28N4O4S2.C26H28N4O2S/c1-17(2)35-24-15-21(19-9-12-30-13-10-19)7-8-23(24)32-29-31-16-25-27(33-29)26(18(3)36-25)22-6-4-5-20-11-14-34-28(20)22;1-17(2)34-24-15-20(19-11-13-29-14-12-19)9-10-22(24)31-28-30-16-25-27(32-28)26(18(3)35-25)21-7-5-6-8-23(21)33-4;1-33-22-7-5-18(36(3,31)32)13-19(22)20-15-35-24-14-28-26(30-25(20)24)29-21-6-4-17(12-23(21)34-2)16-8-10-27-11-9-16;1-16-24(19-6-4-5-7-21(19)31-2)25-23(33-16)15-28-26(30-25)29-20-9-8-18(14-22(20)32-3)17-10-12-27-13-11-17/h4-8,15-17,19,30H,9-14H2,1-3H3,(H,31,32,33);5-10,15-17,19,29H,11-14H2,1-4H3,(H,30,31,32);4-7,12-16,27H,8-11H2,1-3H3,(H,28,29,30);4-9,14-15,17,27H,10-13H2,1-3H3,(H,28,29,30). The predicted molar refractivity (Wildman–Crippen MR) is 570 cm³/mol. The van der Waals surface area contributed by atoms with E-state index in [0.29, 0.717) is 64.3 Å². The number of rotatable bonds is 26. The summed E-state index contributed by atoms with van der Waals surface area (Å²) < 4.78 is 75.1. The normalized spacial score (nSPS) is 14.8. The molecule has 0 bridgehead atoms. The summed E-state index contributed by atoms with van der Waals surface area (Å²) in [5, 5.41) is 29.2. The van der Waals surface area contributed by atoms with Crippen LogP contribution < -0.4 is 80.4 Å². The summed E-state index contributed by atoms with van der Waals surface area (Å²) in [7, 11) is 4.96. The molecule has 31 heteroatoms. The highest BCUT2D eigenvalue weighted by Gasteiger charge is 2.29. The van der Waals surface area contributed by atoms with E-state index in [1.54, 1.807) is 94.0 Å². The van der Waals surface area contributed by atoms with Gasteiger partial charge in [-0.2, -0.15) is 0 Å². The van der Waals surface area contributed by atoms with Gasteiger partial charge in [0.05, 0.1) is 148 Å². The number of anilines is 8. The molecule has 13 heterocycles. The molecule has 26 nitrogen and oxygen atoms in total. The van der Waals surface area contributed by atoms with E-state index >= 15 is 0 Å². The second-order valence-electron chi connectivity index (χ2n) is 36.2. The van der Waals surface area contributed by atoms with Crippen molar-refractivity contribution in [1.82, 2.24) is 61.1 Å². The first-order valence-electron chi connectivity index (χ1n) is 48.0. The quantitative estimate of drug-likeness (QED) is 0.0250. The van der Waals surface area contributed by atoms with Crippen LogP contribution in [0.1, 0.15) is 145 Å². The summed E-state index contributed by atoms with van der Waals surface area (Å²) in [5.41, 5.74) is 21.4. The number of ether oxygens (including phenoxy) is 8. The van der Waals surface area contributed by atoms with E-state index in [2.05, 4.69) is 208 Å². The first-order chi connectivity index (χ1) is 68.1. The van der Waals surface area contributed by atoms with Gasteiger partial charge in [-0.3, -0.25) is 0 Å². The zero-order chi connectivity index (χ0) is 97.1. The number of sulfone groups is 1. The number of aryl methyl sites for hydroxylation is 3. The van der Waals surface area contributed by atoms with Gasteiger partial charge in [0.2, 0.25) is 23.8 Å². The van der Waals surface area contributed by atoms with E-state index in [-0.39, 0.29) is 17.1 Å². The number of nitrogens with one attached hydrogen (secondary N) is 8. The van der Waals surface area contributed by atoms with Gasteiger partial charge in [0, 0.05) is 77.2 Å². The fourth-order valence-corrected chi connectivity index (χ4v) is 23.7. The molecule has 0 saturated carbocycles. The average molecular weight is 1970 g/mol. The maximum atomic E-state index is 12.2. The van der Waals surface area contributed by atoms with Crippen molar-refractivity contribution in [3.8, 4) is 90.5 Å². The Labute approximate surface area is 834 Å². The van der Waals surface area contributed by atoms with Crippen LogP contribution in [0.25, 0.3) is 85.4 Å². The maximum absolute atomic E-state index is 12.2. The summed E-state index contributed by atoms with van der Waals surface area (Å²) in [6, 6.07) is 53.1. The number of piperidine rings is 4. The Hall–Kier alpha value is -12.7. The van der Waals surface area contributed by atoms with Gasteiger partial charge in [-0.15, -0.1) is 45.3 Å². The number of methoxy groups -OCH3 is 5. The molecule has 8 aromatic carbocycles. The number of hydrogen-bond donors (Lipinski definition) is 8. The number of thiophene rings is 4. The molecule has 0 aliphatic carbocycles. The minimum absolute atomic E-state index is 0.0684. The number of fused-ring (bicyclic) bond motifs is 5. The van der Waals surface area contributed by atoms with E-state index in [9.17, 15) is 8.42 Å². The van der Waals surface area contributed by atoms with E-state index in [1.807, 2.05) is 66.4 Å². The highest BCUT2D eigenvalue weighted by Crippen LogP contribution is 2.49. The Morgan fingerprint density at radius 1 is 0.371 bits per heavy atom. The molecule has 4 saturated heterocycles. The van der Waals surface area contributed by atoms with Gasteiger partial charge in [0.15, 0.2) is 9.84 Å².